The van der Waals surface area contributed by atoms with E-state index in [0.717, 1.165) is 11.3 Å². The third kappa shape index (κ3) is 2.91. The zero-order chi connectivity index (χ0) is 14.7. The van der Waals surface area contributed by atoms with Crippen molar-refractivity contribution < 1.29 is 4.92 Å². The van der Waals surface area contributed by atoms with Gasteiger partial charge >= 0.3 is 0 Å². The molecule has 0 radical (unpaired) electrons. The van der Waals surface area contributed by atoms with E-state index in [2.05, 4.69) is 5.32 Å². The topological polar surface area (TPSA) is 55.2 Å². The smallest absolute Gasteiger partial charge is 0.274 e. The maximum Gasteiger partial charge on any atom is 0.274 e. The van der Waals surface area contributed by atoms with Crippen LogP contribution in [-0.4, -0.2) is 4.92 Å². The molecule has 1 N–H and O–H groups in total. The third-order valence-corrected chi connectivity index (χ3v) is 3.59. The molecule has 2 aromatic carbocycles. The summed E-state index contributed by atoms with van der Waals surface area (Å²) in [5.74, 6) is 0. The summed E-state index contributed by atoms with van der Waals surface area (Å²) in [7, 11) is 0. The van der Waals surface area contributed by atoms with Crippen molar-refractivity contribution in [1.29, 1.82) is 0 Å². The number of nitrogens with zero attached hydrogens (tertiary/aromatic N) is 1. The van der Waals surface area contributed by atoms with Crippen molar-refractivity contribution in [2.45, 2.75) is 19.9 Å². The van der Waals surface area contributed by atoms with E-state index in [4.69, 9.17) is 11.6 Å². The molecule has 0 spiro atoms. The van der Waals surface area contributed by atoms with Crippen molar-refractivity contribution in [2.24, 2.45) is 0 Å². The van der Waals surface area contributed by atoms with Crippen molar-refractivity contribution >= 4 is 23.0 Å². The lowest BCUT2D eigenvalue weighted by atomic mass is 10.1. The second-order valence-corrected chi connectivity index (χ2v) is 5.00. The van der Waals surface area contributed by atoms with E-state index in [-0.39, 0.29) is 16.7 Å². The van der Waals surface area contributed by atoms with Crippen LogP contribution in [-0.2, 0) is 0 Å². The van der Waals surface area contributed by atoms with Gasteiger partial charge < -0.3 is 5.32 Å². The number of anilines is 1. The van der Waals surface area contributed by atoms with E-state index < -0.39 is 0 Å². The minimum atomic E-state index is -0.374. The van der Waals surface area contributed by atoms with Gasteiger partial charge in [0.1, 0.15) is 0 Å². The van der Waals surface area contributed by atoms with E-state index in [0.29, 0.717) is 10.6 Å². The lowest BCUT2D eigenvalue weighted by Crippen LogP contribution is -2.09. The van der Waals surface area contributed by atoms with Crippen LogP contribution in [0.4, 0.5) is 11.4 Å². The van der Waals surface area contributed by atoms with Gasteiger partial charge in [-0.2, -0.15) is 0 Å². The zero-order valence-electron chi connectivity index (χ0n) is 11.3. The van der Waals surface area contributed by atoms with Gasteiger partial charge in [0.05, 0.1) is 11.0 Å². The Balaban J connectivity index is 2.29. The highest BCUT2D eigenvalue weighted by Crippen LogP contribution is 2.30. The summed E-state index contributed by atoms with van der Waals surface area (Å²) in [6.07, 6.45) is 0. The van der Waals surface area contributed by atoms with Crippen molar-refractivity contribution in [3.05, 3.63) is 68.7 Å². The van der Waals surface area contributed by atoms with Crippen LogP contribution in [0.3, 0.4) is 0 Å². The summed E-state index contributed by atoms with van der Waals surface area (Å²) in [5.41, 5.74) is 2.43. The zero-order valence-corrected chi connectivity index (χ0v) is 12.0. The first kappa shape index (κ1) is 14.3. The summed E-state index contributed by atoms with van der Waals surface area (Å²) in [5, 5.41) is 14.9. The van der Waals surface area contributed by atoms with E-state index in [1.165, 1.54) is 6.07 Å². The molecule has 0 bridgehead atoms. The molecular weight excluding hydrogens is 276 g/mol. The van der Waals surface area contributed by atoms with Gasteiger partial charge in [0, 0.05) is 22.3 Å². The van der Waals surface area contributed by atoms with E-state index in [1.54, 1.807) is 13.0 Å². The van der Waals surface area contributed by atoms with Crippen LogP contribution in [0.5, 0.6) is 0 Å². The Kier molecular flexibility index (Phi) is 4.25. The van der Waals surface area contributed by atoms with Crippen molar-refractivity contribution in [3.63, 3.8) is 0 Å². The standard InChI is InChI=1S/C15H15ClN2O2/c1-10-14(8-5-9-15(10)18(19)20)17-11(2)12-6-3-4-7-13(12)16/h3-9,11,17H,1-2H3. The normalized spacial score (nSPS) is 11.9. The summed E-state index contributed by atoms with van der Waals surface area (Å²) in [6.45, 7) is 3.71. The number of rotatable bonds is 4. The molecule has 0 saturated heterocycles. The lowest BCUT2D eigenvalue weighted by molar-refractivity contribution is -0.385. The summed E-state index contributed by atoms with van der Waals surface area (Å²) < 4.78 is 0. The van der Waals surface area contributed by atoms with Crippen molar-refractivity contribution in [1.82, 2.24) is 0 Å². The van der Waals surface area contributed by atoms with Crippen molar-refractivity contribution in [2.75, 3.05) is 5.32 Å². The minimum Gasteiger partial charge on any atom is -0.378 e. The van der Waals surface area contributed by atoms with Gasteiger partial charge in [-0.3, -0.25) is 10.1 Å². The summed E-state index contributed by atoms with van der Waals surface area (Å²) in [4.78, 5) is 10.6. The predicted molar refractivity (Wildman–Crippen MR) is 81.3 cm³/mol. The fourth-order valence-electron chi connectivity index (χ4n) is 2.11. The Hall–Kier alpha value is -2.07. The number of benzene rings is 2. The molecule has 2 aromatic rings. The monoisotopic (exact) mass is 290 g/mol. The number of halogens is 1. The molecule has 0 aliphatic carbocycles. The Morgan fingerprint density at radius 1 is 1.20 bits per heavy atom. The molecule has 0 saturated carbocycles. The summed E-state index contributed by atoms with van der Waals surface area (Å²) >= 11 is 6.16. The van der Waals surface area contributed by atoms with Crippen LogP contribution >= 0.6 is 11.6 Å². The van der Waals surface area contributed by atoms with Gasteiger partial charge in [0.25, 0.3) is 5.69 Å². The first-order valence-corrected chi connectivity index (χ1v) is 6.63. The maximum atomic E-state index is 10.9. The molecule has 0 heterocycles. The Labute approximate surface area is 122 Å². The second kappa shape index (κ2) is 5.92. The SMILES string of the molecule is Cc1c(NC(C)c2ccccc2Cl)cccc1[N+](=O)[O-]. The van der Waals surface area contributed by atoms with Gasteiger partial charge in [0.15, 0.2) is 0 Å². The fourth-order valence-corrected chi connectivity index (χ4v) is 2.41. The molecule has 0 aliphatic heterocycles. The van der Waals surface area contributed by atoms with Crippen molar-refractivity contribution in [3.8, 4) is 0 Å². The fraction of sp³-hybridized carbons (Fsp3) is 0.200. The molecule has 2 rings (SSSR count). The minimum absolute atomic E-state index is 0.0376. The molecule has 1 unspecified atom stereocenters. The first-order chi connectivity index (χ1) is 9.50. The number of hydrogen-bond donors (Lipinski definition) is 1. The van der Waals surface area contributed by atoms with E-state index in [1.807, 2.05) is 37.3 Å². The second-order valence-electron chi connectivity index (χ2n) is 4.59. The molecule has 104 valence electrons. The van der Waals surface area contributed by atoms with Crippen LogP contribution in [0.2, 0.25) is 5.02 Å². The molecular formula is C15H15ClN2O2. The lowest BCUT2D eigenvalue weighted by Gasteiger charge is -2.18. The molecule has 4 nitrogen and oxygen atoms in total. The third-order valence-electron chi connectivity index (χ3n) is 3.25. The first-order valence-electron chi connectivity index (χ1n) is 6.25. The molecule has 0 amide bonds. The molecule has 1 atom stereocenters. The average molecular weight is 291 g/mol. The molecule has 0 aromatic heterocycles. The molecule has 0 aliphatic rings. The highest BCUT2D eigenvalue weighted by Gasteiger charge is 2.15. The van der Waals surface area contributed by atoms with Gasteiger partial charge in [-0.05, 0) is 31.5 Å². The van der Waals surface area contributed by atoms with Gasteiger partial charge in [-0.15, -0.1) is 0 Å². The maximum absolute atomic E-state index is 10.9. The number of hydrogen-bond acceptors (Lipinski definition) is 3. The summed E-state index contributed by atoms with van der Waals surface area (Å²) in [6, 6.07) is 12.5. The molecule has 0 fully saturated rings. The van der Waals surface area contributed by atoms with Crippen LogP contribution in [0, 0.1) is 17.0 Å². The Morgan fingerprint density at radius 3 is 2.55 bits per heavy atom. The predicted octanol–water partition coefficient (Wildman–Crippen LogP) is 4.73. The van der Waals surface area contributed by atoms with Gasteiger partial charge in [0.2, 0.25) is 0 Å². The quantitative estimate of drug-likeness (QED) is 0.654. The molecule has 5 heteroatoms. The van der Waals surface area contributed by atoms with E-state index >= 15 is 0 Å². The van der Waals surface area contributed by atoms with Gasteiger partial charge in [-0.25, -0.2) is 0 Å². The highest BCUT2D eigenvalue weighted by atomic mass is 35.5. The molecule has 20 heavy (non-hydrogen) atoms. The highest BCUT2D eigenvalue weighted by molar-refractivity contribution is 6.31. The van der Waals surface area contributed by atoms with Crippen LogP contribution in [0.15, 0.2) is 42.5 Å². The average Bonchev–Trinajstić information content (AvgIpc) is 2.41. The largest absolute Gasteiger partial charge is 0.378 e. The van der Waals surface area contributed by atoms with Crippen LogP contribution < -0.4 is 5.32 Å². The number of nitro groups is 1. The van der Waals surface area contributed by atoms with E-state index in [9.17, 15) is 10.1 Å². The van der Waals surface area contributed by atoms with Crippen LogP contribution in [0.1, 0.15) is 24.1 Å². The number of nitrogens with one attached hydrogen (secondary N) is 1. The van der Waals surface area contributed by atoms with Gasteiger partial charge in [-0.1, -0.05) is 35.9 Å². The number of nitro benzene ring substituents is 1. The van der Waals surface area contributed by atoms with Crippen LogP contribution in [0.25, 0.3) is 0 Å². The Bertz CT molecular complexity index is 644. The Morgan fingerprint density at radius 2 is 1.90 bits per heavy atom.